The Morgan fingerprint density at radius 3 is 2.67 bits per heavy atom. The van der Waals surface area contributed by atoms with E-state index in [1.807, 2.05) is 0 Å². The molecule has 6 heteroatoms. The molecular weight excluding hydrogens is 297 g/mol. The first-order valence-electron chi connectivity index (χ1n) is 6.86. The van der Waals surface area contributed by atoms with Crippen LogP contribution in [0.5, 0.6) is 0 Å². The van der Waals surface area contributed by atoms with E-state index in [2.05, 4.69) is 4.74 Å². The zero-order chi connectivity index (χ0) is 15.4. The van der Waals surface area contributed by atoms with Gasteiger partial charge in [-0.2, -0.15) is 0 Å². The summed E-state index contributed by atoms with van der Waals surface area (Å²) in [7, 11) is 1.26. The van der Waals surface area contributed by atoms with E-state index in [0.29, 0.717) is 0 Å². The molecule has 2 rings (SSSR count). The summed E-state index contributed by atoms with van der Waals surface area (Å²) in [6.45, 7) is -0.175. The molecule has 0 aliphatic heterocycles. The van der Waals surface area contributed by atoms with Gasteiger partial charge in [0.05, 0.1) is 17.7 Å². The van der Waals surface area contributed by atoms with Gasteiger partial charge in [0.25, 0.3) is 5.91 Å². The first-order chi connectivity index (χ1) is 10.0. The van der Waals surface area contributed by atoms with E-state index in [1.54, 1.807) is 0 Å². The van der Waals surface area contributed by atoms with Crippen molar-refractivity contribution in [3.05, 3.63) is 34.6 Å². The number of ether oxygens (including phenoxy) is 1. The lowest BCUT2D eigenvalue weighted by molar-refractivity contribution is -0.141. The largest absolute Gasteiger partial charge is 0.468 e. The summed E-state index contributed by atoms with van der Waals surface area (Å²) in [5, 5.41) is -0.106. The summed E-state index contributed by atoms with van der Waals surface area (Å²) in [6.07, 6.45) is 3.61. The molecule has 0 radical (unpaired) electrons. The lowest BCUT2D eigenvalue weighted by Gasteiger charge is -2.28. The monoisotopic (exact) mass is 313 g/mol. The van der Waals surface area contributed by atoms with Gasteiger partial charge in [-0.05, 0) is 25.0 Å². The van der Waals surface area contributed by atoms with Crippen molar-refractivity contribution < 1.29 is 18.7 Å². The predicted molar refractivity (Wildman–Crippen MR) is 76.7 cm³/mol. The van der Waals surface area contributed by atoms with Gasteiger partial charge in [0.15, 0.2) is 5.82 Å². The van der Waals surface area contributed by atoms with Gasteiger partial charge >= 0.3 is 5.97 Å². The van der Waals surface area contributed by atoms with Crippen LogP contribution in [-0.4, -0.2) is 36.5 Å². The number of benzene rings is 1. The zero-order valence-electron chi connectivity index (χ0n) is 11.8. The van der Waals surface area contributed by atoms with Gasteiger partial charge < -0.3 is 9.64 Å². The van der Waals surface area contributed by atoms with Crippen LogP contribution < -0.4 is 0 Å². The third-order valence-corrected chi connectivity index (χ3v) is 4.03. The third-order valence-electron chi connectivity index (χ3n) is 3.74. The van der Waals surface area contributed by atoms with Gasteiger partial charge in [-0.3, -0.25) is 9.59 Å². The van der Waals surface area contributed by atoms with Crippen LogP contribution in [0.3, 0.4) is 0 Å². The molecule has 0 unspecified atom stereocenters. The molecule has 114 valence electrons. The lowest BCUT2D eigenvalue weighted by atomic mass is 10.1. The molecule has 0 spiro atoms. The molecule has 0 saturated heterocycles. The summed E-state index contributed by atoms with van der Waals surface area (Å²) in [5.41, 5.74) is -0.113. The van der Waals surface area contributed by atoms with Crippen molar-refractivity contribution in [3.63, 3.8) is 0 Å². The number of amides is 1. The topological polar surface area (TPSA) is 46.6 Å². The fourth-order valence-corrected chi connectivity index (χ4v) is 2.78. The molecule has 21 heavy (non-hydrogen) atoms. The Balaban J connectivity index is 2.28. The van der Waals surface area contributed by atoms with Crippen LogP contribution in [0.1, 0.15) is 36.0 Å². The Kier molecular flexibility index (Phi) is 5.17. The van der Waals surface area contributed by atoms with Crippen LogP contribution in [0.15, 0.2) is 18.2 Å². The summed E-state index contributed by atoms with van der Waals surface area (Å²) >= 11 is 5.72. The molecule has 1 fully saturated rings. The highest BCUT2D eigenvalue weighted by Crippen LogP contribution is 2.26. The number of carbonyl (C=O) groups excluding carboxylic acids is 2. The maximum atomic E-state index is 14.0. The standard InChI is InChI=1S/C15H17ClFNO3/c1-21-13(19)9-18(10-5-2-3-6-10)15(20)11-7-4-8-12(16)14(11)17/h4,7-8,10H,2-3,5-6,9H2,1H3. The molecule has 0 heterocycles. The summed E-state index contributed by atoms with van der Waals surface area (Å²) < 4.78 is 18.7. The van der Waals surface area contributed by atoms with Crippen molar-refractivity contribution in [2.24, 2.45) is 0 Å². The molecule has 0 N–H and O–H groups in total. The van der Waals surface area contributed by atoms with Crippen molar-refractivity contribution in [2.75, 3.05) is 13.7 Å². The van der Waals surface area contributed by atoms with E-state index in [4.69, 9.17) is 11.6 Å². The van der Waals surface area contributed by atoms with E-state index >= 15 is 0 Å². The number of hydrogen-bond donors (Lipinski definition) is 0. The molecule has 4 nitrogen and oxygen atoms in total. The molecule has 1 aromatic carbocycles. The molecule has 1 aromatic rings. The van der Waals surface area contributed by atoms with Crippen LogP contribution >= 0.6 is 11.6 Å². The number of rotatable bonds is 4. The fraction of sp³-hybridized carbons (Fsp3) is 0.467. The Labute approximate surface area is 127 Å². The van der Waals surface area contributed by atoms with Crippen LogP contribution in [0, 0.1) is 5.82 Å². The van der Waals surface area contributed by atoms with Crippen LogP contribution in [0.4, 0.5) is 4.39 Å². The van der Waals surface area contributed by atoms with Gasteiger partial charge in [0.2, 0.25) is 0 Å². The van der Waals surface area contributed by atoms with E-state index in [-0.39, 0.29) is 23.2 Å². The smallest absolute Gasteiger partial charge is 0.325 e. The number of hydrogen-bond acceptors (Lipinski definition) is 3. The number of methoxy groups -OCH3 is 1. The second-order valence-electron chi connectivity index (χ2n) is 5.05. The SMILES string of the molecule is COC(=O)CN(C(=O)c1cccc(Cl)c1F)C1CCCC1. The minimum Gasteiger partial charge on any atom is -0.468 e. The van der Waals surface area contributed by atoms with Crippen molar-refractivity contribution >= 4 is 23.5 Å². The maximum Gasteiger partial charge on any atom is 0.325 e. The Morgan fingerprint density at radius 2 is 2.05 bits per heavy atom. The van der Waals surface area contributed by atoms with Gasteiger partial charge in [0.1, 0.15) is 6.54 Å². The molecule has 0 atom stereocenters. The number of esters is 1. The second kappa shape index (κ2) is 6.89. The van der Waals surface area contributed by atoms with Gasteiger partial charge in [-0.1, -0.05) is 30.5 Å². The highest BCUT2D eigenvalue weighted by molar-refractivity contribution is 6.31. The lowest BCUT2D eigenvalue weighted by Crippen LogP contribution is -2.43. The summed E-state index contributed by atoms with van der Waals surface area (Å²) in [4.78, 5) is 25.5. The highest BCUT2D eigenvalue weighted by atomic mass is 35.5. The first kappa shape index (κ1) is 15.8. The van der Waals surface area contributed by atoms with Crippen molar-refractivity contribution in [1.82, 2.24) is 4.90 Å². The zero-order valence-corrected chi connectivity index (χ0v) is 12.5. The Morgan fingerprint density at radius 1 is 1.38 bits per heavy atom. The van der Waals surface area contributed by atoms with E-state index in [0.717, 1.165) is 25.7 Å². The van der Waals surface area contributed by atoms with Gasteiger partial charge in [0, 0.05) is 6.04 Å². The molecule has 0 bridgehead atoms. The molecule has 0 aromatic heterocycles. The molecular formula is C15H17ClFNO3. The van der Waals surface area contributed by atoms with Crippen LogP contribution in [-0.2, 0) is 9.53 Å². The van der Waals surface area contributed by atoms with Crippen molar-refractivity contribution in [3.8, 4) is 0 Å². The minimum absolute atomic E-state index is 0.0602. The molecule has 1 aliphatic rings. The highest BCUT2D eigenvalue weighted by Gasteiger charge is 2.31. The predicted octanol–water partition coefficient (Wildman–Crippen LogP) is 3.04. The second-order valence-corrected chi connectivity index (χ2v) is 5.46. The molecule has 1 aliphatic carbocycles. The molecule has 1 amide bonds. The van der Waals surface area contributed by atoms with Crippen molar-refractivity contribution in [1.29, 1.82) is 0 Å². The van der Waals surface area contributed by atoms with Gasteiger partial charge in [-0.15, -0.1) is 0 Å². The Bertz CT molecular complexity index is 544. The first-order valence-corrected chi connectivity index (χ1v) is 7.24. The number of halogens is 2. The normalized spacial score (nSPS) is 15.0. The van der Waals surface area contributed by atoms with Crippen LogP contribution in [0.2, 0.25) is 5.02 Å². The minimum atomic E-state index is -0.753. The van der Waals surface area contributed by atoms with E-state index in [1.165, 1.54) is 30.2 Å². The quantitative estimate of drug-likeness (QED) is 0.803. The molecule has 1 saturated carbocycles. The third kappa shape index (κ3) is 3.53. The average Bonchev–Trinajstić information content (AvgIpc) is 3.00. The average molecular weight is 314 g/mol. The Hall–Kier alpha value is -1.62. The number of nitrogens with zero attached hydrogens (tertiary/aromatic N) is 1. The van der Waals surface area contributed by atoms with E-state index in [9.17, 15) is 14.0 Å². The van der Waals surface area contributed by atoms with Crippen LogP contribution in [0.25, 0.3) is 0 Å². The van der Waals surface area contributed by atoms with Crippen molar-refractivity contribution in [2.45, 2.75) is 31.7 Å². The summed E-state index contributed by atoms with van der Waals surface area (Å²) in [6, 6.07) is 4.22. The van der Waals surface area contributed by atoms with E-state index < -0.39 is 17.7 Å². The van der Waals surface area contributed by atoms with Gasteiger partial charge in [-0.25, -0.2) is 4.39 Å². The fourth-order valence-electron chi connectivity index (χ4n) is 2.61. The summed E-state index contributed by atoms with van der Waals surface area (Å²) in [5.74, 6) is -1.79. The number of carbonyl (C=O) groups is 2. The maximum absolute atomic E-state index is 14.0.